The molecule has 0 unspecified atom stereocenters. The van der Waals surface area contributed by atoms with Crippen LogP contribution in [0.15, 0.2) is 36.4 Å². The Balaban J connectivity index is 1.88. The fourth-order valence-corrected chi connectivity index (χ4v) is 3.96. The van der Waals surface area contributed by atoms with Crippen LogP contribution < -0.4 is 20.1 Å². The summed E-state index contributed by atoms with van der Waals surface area (Å²) in [5.41, 5.74) is 1.35. The Labute approximate surface area is 188 Å². The Morgan fingerprint density at radius 3 is 2.10 bits per heavy atom. The molecule has 0 atom stereocenters. The standard InChI is InChI=1S/C24H29ClN2O4/c1-3-30-21-15-20(27-24(29)17-12-8-9-13-18(17)25)22(31-4-2)14-19(21)26-23(28)16-10-6-5-7-11-16/h8-9,12-16H,3-7,10-11H2,1-2H3,(H,26,28)(H,27,29). The van der Waals surface area contributed by atoms with Crippen molar-refractivity contribution in [3.05, 3.63) is 47.0 Å². The number of hydrogen-bond acceptors (Lipinski definition) is 4. The second-order valence-electron chi connectivity index (χ2n) is 7.47. The minimum absolute atomic E-state index is 0.00375. The molecular weight excluding hydrogens is 416 g/mol. The number of benzene rings is 2. The van der Waals surface area contributed by atoms with E-state index in [0.29, 0.717) is 46.7 Å². The molecule has 31 heavy (non-hydrogen) atoms. The summed E-state index contributed by atoms with van der Waals surface area (Å²) >= 11 is 6.16. The normalized spacial score (nSPS) is 14.0. The third kappa shape index (κ3) is 5.91. The molecule has 1 aliphatic rings. The first-order valence-corrected chi connectivity index (χ1v) is 11.2. The molecule has 1 aliphatic carbocycles. The Morgan fingerprint density at radius 2 is 1.52 bits per heavy atom. The van der Waals surface area contributed by atoms with Gasteiger partial charge in [-0.3, -0.25) is 9.59 Å². The maximum absolute atomic E-state index is 12.8. The van der Waals surface area contributed by atoms with E-state index in [9.17, 15) is 9.59 Å². The van der Waals surface area contributed by atoms with Crippen molar-refractivity contribution in [2.24, 2.45) is 5.92 Å². The monoisotopic (exact) mass is 444 g/mol. The van der Waals surface area contributed by atoms with Gasteiger partial charge in [0.05, 0.1) is 35.2 Å². The number of ether oxygens (including phenoxy) is 2. The van der Waals surface area contributed by atoms with Gasteiger partial charge in [0.1, 0.15) is 11.5 Å². The zero-order valence-electron chi connectivity index (χ0n) is 18.0. The molecule has 0 bridgehead atoms. The molecular formula is C24H29ClN2O4. The van der Waals surface area contributed by atoms with Gasteiger partial charge in [-0.15, -0.1) is 0 Å². The van der Waals surface area contributed by atoms with Gasteiger partial charge >= 0.3 is 0 Å². The Kier molecular flexibility index (Phi) is 8.18. The Morgan fingerprint density at radius 1 is 0.935 bits per heavy atom. The number of anilines is 2. The first-order chi connectivity index (χ1) is 15.0. The van der Waals surface area contributed by atoms with Crippen LogP contribution in [-0.4, -0.2) is 25.0 Å². The minimum atomic E-state index is -0.354. The molecule has 6 nitrogen and oxygen atoms in total. The predicted octanol–water partition coefficient (Wildman–Crippen LogP) is 5.91. The van der Waals surface area contributed by atoms with E-state index in [4.69, 9.17) is 21.1 Å². The van der Waals surface area contributed by atoms with Crippen molar-refractivity contribution >= 4 is 34.8 Å². The van der Waals surface area contributed by atoms with E-state index in [1.165, 1.54) is 6.42 Å². The lowest BCUT2D eigenvalue weighted by atomic mass is 9.88. The summed E-state index contributed by atoms with van der Waals surface area (Å²) < 4.78 is 11.5. The van der Waals surface area contributed by atoms with Gasteiger partial charge in [-0.25, -0.2) is 0 Å². The van der Waals surface area contributed by atoms with Gasteiger partial charge in [-0.1, -0.05) is 43.0 Å². The smallest absolute Gasteiger partial charge is 0.257 e. The molecule has 166 valence electrons. The molecule has 0 saturated heterocycles. The number of carbonyl (C=O) groups is 2. The summed E-state index contributed by atoms with van der Waals surface area (Å²) in [5, 5.41) is 6.22. The highest BCUT2D eigenvalue weighted by atomic mass is 35.5. The SMILES string of the molecule is CCOc1cc(NC(=O)C2CCCCC2)c(OCC)cc1NC(=O)c1ccccc1Cl. The second kappa shape index (κ2) is 11.0. The molecule has 2 aromatic rings. The summed E-state index contributed by atoms with van der Waals surface area (Å²) in [6.07, 6.45) is 5.14. The molecule has 1 saturated carbocycles. The third-order valence-electron chi connectivity index (χ3n) is 5.28. The largest absolute Gasteiger partial charge is 0.492 e. The van der Waals surface area contributed by atoms with Crippen LogP contribution in [0.5, 0.6) is 11.5 Å². The van der Waals surface area contributed by atoms with Gasteiger partial charge in [0.2, 0.25) is 5.91 Å². The zero-order valence-corrected chi connectivity index (χ0v) is 18.8. The van der Waals surface area contributed by atoms with E-state index < -0.39 is 0 Å². The Bertz CT molecular complexity index is 926. The molecule has 2 amide bonds. The number of hydrogen-bond donors (Lipinski definition) is 2. The average molecular weight is 445 g/mol. The number of halogens is 1. The summed E-state index contributed by atoms with van der Waals surface area (Å²) in [6.45, 7) is 4.54. The highest BCUT2D eigenvalue weighted by Gasteiger charge is 2.23. The van der Waals surface area contributed by atoms with E-state index in [-0.39, 0.29) is 17.7 Å². The number of carbonyl (C=O) groups excluding carboxylic acids is 2. The summed E-state index contributed by atoms with van der Waals surface area (Å²) in [4.78, 5) is 25.6. The van der Waals surface area contributed by atoms with Gasteiger partial charge in [0.25, 0.3) is 5.91 Å². The van der Waals surface area contributed by atoms with Crippen molar-refractivity contribution in [2.75, 3.05) is 23.8 Å². The van der Waals surface area contributed by atoms with Crippen LogP contribution in [0.1, 0.15) is 56.3 Å². The van der Waals surface area contributed by atoms with Gasteiger partial charge in [-0.2, -0.15) is 0 Å². The van der Waals surface area contributed by atoms with Gasteiger partial charge in [-0.05, 0) is 38.8 Å². The van der Waals surface area contributed by atoms with Crippen LogP contribution in [0.2, 0.25) is 5.02 Å². The molecule has 0 aromatic heterocycles. The third-order valence-corrected chi connectivity index (χ3v) is 5.61. The summed E-state index contributed by atoms with van der Waals surface area (Å²) in [5.74, 6) is 0.581. The quantitative estimate of drug-likeness (QED) is 0.530. The molecule has 0 spiro atoms. The van der Waals surface area contributed by atoms with Crippen LogP contribution in [-0.2, 0) is 4.79 Å². The fraction of sp³-hybridized carbons (Fsp3) is 0.417. The van der Waals surface area contributed by atoms with Crippen LogP contribution in [0.3, 0.4) is 0 Å². The molecule has 3 rings (SSSR count). The Hall–Kier alpha value is -2.73. The van der Waals surface area contributed by atoms with E-state index in [1.54, 1.807) is 36.4 Å². The van der Waals surface area contributed by atoms with Crippen molar-refractivity contribution < 1.29 is 19.1 Å². The van der Waals surface area contributed by atoms with Gasteiger partial charge < -0.3 is 20.1 Å². The first-order valence-electron chi connectivity index (χ1n) is 10.8. The second-order valence-corrected chi connectivity index (χ2v) is 7.88. The van der Waals surface area contributed by atoms with Crippen molar-refractivity contribution in [1.82, 2.24) is 0 Å². The highest BCUT2D eigenvalue weighted by Crippen LogP contribution is 2.38. The lowest BCUT2D eigenvalue weighted by Crippen LogP contribution is -2.25. The van der Waals surface area contributed by atoms with E-state index in [0.717, 1.165) is 25.7 Å². The lowest BCUT2D eigenvalue weighted by molar-refractivity contribution is -0.120. The van der Waals surface area contributed by atoms with E-state index in [2.05, 4.69) is 10.6 Å². The average Bonchev–Trinajstić information content (AvgIpc) is 2.77. The van der Waals surface area contributed by atoms with Crippen molar-refractivity contribution in [1.29, 1.82) is 0 Å². The highest BCUT2D eigenvalue weighted by molar-refractivity contribution is 6.34. The number of amides is 2. The maximum Gasteiger partial charge on any atom is 0.257 e. The maximum atomic E-state index is 12.8. The van der Waals surface area contributed by atoms with Crippen molar-refractivity contribution in [2.45, 2.75) is 46.0 Å². The summed E-state index contributed by atoms with van der Waals surface area (Å²) in [7, 11) is 0. The minimum Gasteiger partial charge on any atom is -0.492 e. The van der Waals surface area contributed by atoms with Crippen molar-refractivity contribution in [3.8, 4) is 11.5 Å². The molecule has 1 fully saturated rings. The van der Waals surface area contributed by atoms with Crippen LogP contribution in [0.4, 0.5) is 11.4 Å². The summed E-state index contributed by atoms with van der Waals surface area (Å²) in [6, 6.07) is 10.2. The van der Waals surface area contributed by atoms with E-state index >= 15 is 0 Å². The number of rotatable bonds is 8. The molecule has 0 heterocycles. The molecule has 2 N–H and O–H groups in total. The molecule has 2 aromatic carbocycles. The van der Waals surface area contributed by atoms with Crippen LogP contribution in [0, 0.1) is 5.92 Å². The lowest BCUT2D eigenvalue weighted by Gasteiger charge is -2.22. The van der Waals surface area contributed by atoms with Crippen LogP contribution >= 0.6 is 11.6 Å². The van der Waals surface area contributed by atoms with Crippen LogP contribution in [0.25, 0.3) is 0 Å². The van der Waals surface area contributed by atoms with E-state index in [1.807, 2.05) is 13.8 Å². The molecule has 0 aliphatic heterocycles. The van der Waals surface area contributed by atoms with Gasteiger partial charge in [0, 0.05) is 18.1 Å². The fourth-order valence-electron chi connectivity index (χ4n) is 3.74. The zero-order chi connectivity index (χ0) is 22.2. The van der Waals surface area contributed by atoms with Crippen molar-refractivity contribution in [3.63, 3.8) is 0 Å². The molecule has 0 radical (unpaired) electrons. The number of nitrogens with one attached hydrogen (secondary N) is 2. The van der Waals surface area contributed by atoms with Gasteiger partial charge in [0.15, 0.2) is 0 Å². The molecule has 7 heteroatoms. The first kappa shape index (κ1) is 22.9. The topological polar surface area (TPSA) is 76.7 Å². The predicted molar refractivity (Wildman–Crippen MR) is 123 cm³/mol.